The summed E-state index contributed by atoms with van der Waals surface area (Å²) in [5.41, 5.74) is 7.32. The van der Waals surface area contributed by atoms with E-state index in [2.05, 4.69) is 15.3 Å². The van der Waals surface area contributed by atoms with E-state index in [1.165, 1.54) is 0 Å². The molecule has 1 heterocycles. The van der Waals surface area contributed by atoms with Crippen LogP contribution in [-0.4, -0.2) is 46.4 Å². The number of anilines is 2. The zero-order chi connectivity index (χ0) is 18.0. The molecule has 1 aliphatic rings. The third-order valence-electron chi connectivity index (χ3n) is 4.71. The van der Waals surface area contributed by atoms with Crippen molar-refractivity contribution in [3.63, 3.8) is 0 Å². The minimum absolute atomic E-state index is 0.124. The van der Waals surface area contributed by atoms with Crippen LogP contribution in [0.15, 0.2) is 36.5 Å². The Morgan fingerprint density at radius 3 is 2.64 bits per heavy atom. The van der Waals surface area contributed by atoms with Crippen LogP contribution in [-0.2, 0) is 0 Å². The highest BCUT2D eigenvalue weighted by molar-refractivity contribution is 5.98. The molecule has 3 rings (SSSR count). The van der Waals surface area contributed by atoms with Crippen molar-refractivity contribution >= 4 is 23.1 Å². The highest BCUT2D eigenvalue weighted by atomic mass is 16.1. The number of nitrogens with zero attached hydrogens (tertiary/aromatic N) is 3. The van der Waals surface area contributed by atoms with Gasteiger partial charge in [-0.2, -0.15) is 5.10 Å². The molecule has 1 amide bonds. The Labute approximate surface area is 147 Å². The van der Waals surface area contributed by atoms with Crippen molar-refractivity contribution < 1.29 is 4.79 Å². The standard InChI is InChI=1S/C18H24N6O/c1-23(2)13-8-9-16(15(19)10-13)24-11-14(17(20)25)18(22-24)21-12-6-4-3-5-7-12/h3-7,11,13,16,19H,8-10H2,1-2H3,(H2,20,25)(H,21,22)/t13-,16-/m0/s1. The summed E-state index contributed by atoms with van der Waals surface area (Å²) in [6.07, 6.45) is 4.19. The normalized spacial score (nSPS) is 20.7. The Kier molecular flexibility index (Phi) is 4.85. The predicted molar refractivity (Wildman–Crippen MR) is 98.6 cm³/mol. The van der Waals surface area contributed by atoms with Crippen molar-refractivity contribution in [3.05, 3.63) is 42.1 Å². The molecule has 25 heavy (non-hydrogen) atoms. The lowest BCUT2D eigenvalue weighted by Gasteiger charge is -2.33. The fourth-order valence-corrected chi connectivity index (χ4v) is 3.23. The largest absolute Gasteiger partial charge is 0.365 e. The smallest absolute Gasteiger partial charge is 0.254 e. The maximum Gasteiger partial charge on any atom is 0.254 e. The minimum Gasteiger partial charge on any atom is -0.365 e. The number of nitrogens with two attached hydrogens (primary N) is 1. The number of carbonyl (C=O) groups is 1. The van der Waals surface area contributed by atoms with Gasteiger partial charge >= 0.3 is 0 Å². The molecule has 132 valence electrons. The first-order valence-electron chi connectivity index (χ1n) is 8.40. The van der Waals surface area contributed by atoms with Gasteiger partial charge in [0.2, 0.25) is 0 Å². The van der Waals surface area contributed by atoms with Gasteiger partial charge in [-0.15, -0.1) is 0 Å². The lowest BCUT2D eigenvalue weighted by atomic mass is 9.89. The lowest BCUT2D eigenvalue weighted by molar-refractivity contribution is 0.100. The molecule has 7 nitrogen and oxygen atoms in total. The maximum absolute atomic E-state index is 11.8. The zero-order valence-electron chi connectivity index (χ0n) is 14.6. The molecule has 1 saturated carbocycles. The van der Waals surface area contributed by atoms with Crippen LogP contribution in [0.4, 0.5) is 11.5 Å². The number of nitrogens with one attached hydrogen (secondary N) is 2. The van der Waals surface area contributed by atoms with Gasteiger partial charge in [0.1, 0.15) is 5.56 Å². The number of carbonyl (C=O) groups excluding carboxylic acids is 1. The Morgan fingerprint density at radius 2 is 2.04 bits per heavy atom. The molecule has 0 bridgehead atoms. The van der Waals surface area contributed by atoms with E-state index in [4.69, 9.17) is 11.1 Å². The van der Waals surface area contributed by atoms with Crippen LogP contribution in [0, 0.1) is 5.41 Å². The highest BCUT2D eigenvalue weighted by Crippen LogP contribution is 2.29. The summed E-state index contributed by atoms with van der Waals surface area (Å²) in [6.45, 7) is 0. The molecule has 1 aromatic heterocycles. The van der Waals surface area contributed by atoms with Crippen molar-refractivity contribution in [2.24, 2.45) is 5.73 Å². The van der Waals surface area contributed by atoms with Gasteiger partial charge in [0, 0.05) is 30.1 Å². The van der Waals surface area contributed by atoms with Gasteiger partial charge in [-0.1, -0.05) is 18.2 Å². The van der Waals surface area contributed by atoms with Crippen molar-refractivity contribution in [2.45, 2.75) is 31.3 Å². The minimum atomic E-state index is -0.529. The first kappa shape index (κ1) is 17.2. The molecule has 1 aliphatic carbocycles. The van der Waals surface area contributed by atoms with E-state index in [-0.39, 0.29) is 6.04 Å². The van der Waals surface area contributed by atoms with Crippen LogP contribution in [0.5, 0.6) is 0 Å². The highest BCUT2D eigenvalue weighted by Gasteiger charge is 2.29. The maximum atomic E-state index is 11.8. The zero-order valence-corrected chi connectivity index (χ0v) is 14.6. The van der Waals surface area contributed by atoms with Crippen molar-refractivity contribution in [1.82, 2.24) is 14.7 Å². The summed E-state index contributed by atoms with van der Waals surface area (Å²) in [5, 5.41) is 16.1. The summed E-state index contributed by atoms with van der Waals surface area (Å²) in [4.78, 5) is 14.0. The molecule has 2 atom stereocenters. The van der Waals surface area contributed by atoms with Crippen LogP contribution >= 0.6 is 0 Å². The van der Waals surface area contributed by atoms with E-state index < -0.39 is 5.91 Å². The van der Waals surface area contributed by atoms with Gasteiger partial charge in [0.15, 0.2) is 5.82 Å². The van der Waals surface area contributed by atoms with Crippen LogP contribution in [0.25, 0.3) is 0 Å². The Balaban J connectivity index is 1.84. The predicted octanol–water partition coefficient (Wildman–Crippen LogP) is 2.40. The molecule has 1 fully saturated rings. The summed E-state index contributed by atoms with van der Waals surface area (Å²) in [7, 11) is 4.08. The fourth-order valence-electron chi connectivity index (χ4n) is 3.23. The van der Waals surface area contributed by atoms with Gasteiger partial charge in [0.25, 0.3) is 5.91 Å². The van der Waals surface area contributed by atoms with Crippen LogP contribution in [0.3, 0.4) is 0 Å². The number of rotatable bonds is 5. The second kappa shape index (κ2) is 7.06. The summed E-state index contributed by atoms with van der Waals surface area (Å²) in [5.74, 6) is -0.0978. The van der Waals surface area contributed by atoms with E-state index in [9.17, 15) is 4.79 Å². The van der Waals surface area contributed by atoms with Gasteiger partial charge in [-0.3, -0.25) is 9.48 Å². The van der Waals surface area contributed by atoms with Crippen molar-refractivity contribution in [2.75, 3.05) is 19.4 Å². The summed E-state index contributed by atoms with van der Waals surface area (Å²) in [6, 6.07) is 9.78. The first-order valence-corrected chi connectivity index (χ1v) is 8.40. The Morgan fingerprint density at radius 1 is 1.32 bits per heavy atom. The van der Waals surface area contributed by atoms with Crippen LogP contribution in [0.1, 0.15) is 35.7 Å². The number of hydrogen-bond donors (Lipinski definition) is 3. The van der Waals surface area contributed by atoms with Gasteiger partial charge in [0.05, 0.1) is 6.04 Å². The molecule has 0 saturated heterocycles. The van der Waals surface area contributed by atoms with Crippen LogP contribution in [0.2, 0.25) is 0 Å². The van der Waals surface area contributed by atoms with E-state index in [1.807, 2.05) is 44.4 Å². The van der Waals surface area contributed by atoms with Crippen molar-refractivity contribution in [3.8, 4) is 0 Å². The Hall–Kier alpha value is -2.67. The van der Waals surface area contributed by atoms with E-state index in [0.29, 0.717) is 29.6 Å². The fraction of sp³-hybridized carbons (Fsp3) is 0.389. The second-order valence-electron chi connectivity index (χ2n) is 6.67. The van der Waals surface area contributed by atoms with Crippen molar-refractivity contribution in [1.29, 1.82) is 5.41 Å². The average molecular weight is 340 g/mol. The SMILES string of the molecule is CN(C)[C@H]1CC[C@H](n2cc(C(N)=O)c(Nc3ccccc3)n2)C(=N)C1. The van der Waals surface area contributed by atoms with E-state index in [1.54, 1.807) is 10.9 Å². The van der Waals surface area contributed by atoms with Gasteiger partial charge < -0.3 is 21.4 Å². The third kappa shape index (κ3) is 3.71. The van der Waals surface area contributed by atoms with Crippen LogP contribution < -0.4 is 11.1 Å². The summed E-state index contributed by atoms with van der Waals surface area (Å²) < 4.78 is 1.71. The second-order valence-corrected chi connectivity index (χ2v) is 6.67. The average Bonchev–Trinajstić information content (AvgIpc) is 2.99. The van der Waals surface area contributed by atoms with E-state index in [0.717, 1.165) is 18.5 Å². The molecule has 0 aliphatic heterocycles. The van der Waals surface area contributed by atoms with E-state index >= 15 is 0 Å². The lowest BCUT2D eigenvalue weighted by Crippen LogP contribution is -2.38. The number of para-hydroxylation sites is 1. The molecule has 2 aromatic rings. The molecule has 0 radical (unpaired) electrons. The number of hydrogen-bond acceptors (Lipinski definition) is 5. The molecule has 1 aromatic carbocycles. The monoisotopic (exact) mass is 340 g/mol. The molecular weight excluding hydrogens is 316 g/mol. The number of amides is 1. The number of aromatic nitrogens is 2. The van der Waals surface area contributed by atoms with Gasteiger partial charge in [-0.05, 0) is 39.1 Å². The Bertz CT molecular complexity index is 767. The quantitative estimate of drug-likeness (QED) is 0.778. The number of primary amides is 1. The molecule has 0 unspecified atom stereocenters. The molecule has 7 heteroatoms. The van der Waals surface area contributed by atoms with Gasteiger partial charge in [-0.25, -0.2) is 0 Å². The molecular formula is C18H24N6O. The molecule has 0 spiro atoms. The third-order valence-corrected chi connectivity index (χ3v) is 4.71. The summed E-state index contributed by atoms with van der Waals surface area (Å²) >= 11 is 0. The first-order chi connectivity index (χ1) is 12.0. The molecule has 4 N–H and O–H groups in total. The topological polar surface area (TPSA) is 100 Å². The number of benzene rings is 1.